The molecule has 1 saturated heterocycles. The van der Waals surface area contributed by atoms with E-state index in [4.69, 9.17) is 13.6 Å². The second-order valence-corrected chi connectivity index (χ2v) is 22.9. The first kappa shape index (κ1) is 34.0. The number of esters is 1. The minimum atomic E-state index is -2.97. The van der Waals surface area contributed by atoms with E-state index in [1.165, 1.54) is 10.4 Å². The Morgan fingerprint density at radius 1 is 0.674 bits per heavy atom. The summed E-state index contributed by atoms with van der Waals surface area (Å²) in [5, 5.41) is 15.9. The Balaban J connectivity index is 1.44. The molecule has 0 aliphatic carbocycles. The molecule has 0 aromatic heterocycles. The van der Waals surface area contributed by atoms with Crippen LogP contribution in [-0.4, -0.2) is 52.6 Å². The Bertz CT molecular complexity index is 1470. The van der Waals surface area contributed by atoms with E-state index in [9.17, 15) is 9.90 Å². The summed E-state index contributed by atoms with van der Waals surface area (Å²) in [6, 6.07) is 41.7. The van der Waals surface area contributed by atoms with Crippen LogP contribution in [0.5, 0.6) is 0 Å². The number of aliphatic hydroxyl groups is 1. The van der Waals surface area contributed by atoms with Crippen LogP contribution in [0.3, 0.4) is 0 Å². The van der Waals surface area contributed by atoms with Crippen LogP contribution in [0.25, 0.3) is 0 Å². The van der Waals surface area contributed by atoms with Crippen molar-refractivity contribution < 1.29 is 23.5 Å². The molecule has 4 aromatic rings. The third kappa shape index (κ3) is 6.57. The van der Waals surface area contributed by atoms with Gasteiger partial charge < -0.3 is 18.7 Å². The molecule has 0 spiro atoms. The van der Waals surface area contributed by atoms with E-state index in [1.807, 2.05) is 48.5 Å². The summed E-state index contributed by atoms with van der Waals surface area (Å²) in [4.78, 5) is 12.9. The lowest BCUT2D eigenvalue weighted by Crippen LogP contribution is -2.68. The van der Waals surface area contributed by atoms with Gasteiger partial charge in [0.2, 0.25) is 0 Å². The van der Waals surface area contributed by atoms with Crippen molar-refractivity contribution in [2.45, 2.75) is 82.8 Å². The number of hydrogen-bond donors (Lipinski definition) is 1. The van der Waals surface area contributed by atoms with Crippen molar-refractivity contribution in [3.63, 3.8) is 0 Å². The highest BCUT2D eigenvalue weighted by Gasteiger charge is 2.55. The molecule has 0 bridgehead atoms. The van der Waals surface area contributed by atoms with Crippen molar-refractivity contribution in [1.82, 2.24) is 0 Å². The van der Waals surface area contributed by atoms with E-state index in [1.54, 1.807) is 0 Å². The molecule has 4 aromatic carbocycles. The minimum Gasteiger partial charge on any atom is -0.457 e. The molecule has 0 radical (unpaired) electrons. The van der Waals surface area contributed by atoms with Gasteiger partial charge in [0.05, 0.1) is 18.6 Å². The smallest absolute Gasteiger partial charge is 0.308 e. The van der Waals surface area contributed by atoms with Crippen LogP contribution in [0.4, 0.5) is 0 Å². The Kier molecular flexibility index (Phi) is 10.2. The number of rotatable bonds is 11. The van der Waals surface area contributed by atoms with Gasteiger partial charge in [0, 0.05) is 6.61 Å². The molecular weight excluding hydrogens is 605 g/mol. The van der Waals surface area contributed by atoms with E-state index in [-0.39, 0.29) is 22.5 Å². The molecular formula is C39H48O5Si2. The predicted octanol–water partition coefficient (Wildman–Crippen LogP) is 5.57. The molecule has 1 aliphatic heterocycles. The molecule has 242 valence electrons. The molecule has 0 unspecified atom stereocenters. The largest absolute Gasteiger partial charge is 0.457 e. The first-order valence-electron chi connectivity index (χ1n) is 16.3. The Hall–Kier alpha value is -3.34. The predicted molar refractivity (Wildman–Crippen MR) is 191 cm³/mol. The van der Waals surface area contributed by atoms with Gasteiger partial charge >= 0.3 is 5.97 Å². The number of carbonyl (C=O) groups excluding carboxylic acids is 1. The highest BCUT2D eigenvalue weighted by molar-refractivity contribution is 7.00. The average Bonchev–Trinajstić information content (AvgIpc) is 3.42. The maximum Gasteiger partial charge on any atom is 0.308 e. The molecule has 5 rings (SSSR count). The van der Waals surface area contributed by atoms with Gasteiger partial charge in [-0.25, -0.2) is 0 Å². The third-order valence-electron chi connectivity index (χ3n) is 9.28. The lowest BCUT2D eigenvalue weighted by atomic mass is 10.1. The zero-order chi connectivity index (χ0) is 33.0. The van der Waals surface area contributed by atoms with Crippen molar-refractivity contribution in [2.75, 3.05) is 6.61 Å². The van der Waals surface area contributed by atoms with Crippen LogP contribution in [-0.2, 0) is 18.4 Å². The maximum atomic E-state index is 12.9. The lowest BCUT2D eigenvalue weighted by molar-refractivity contribution is -0.146. The van der Waals surface area contributed by atoms with Gasteiger partial charge in [-0.2, -0.15) is 0 Å². The number of carbonyl (C=O) groups is 1. The zero-order valence-electron chi connectivity index (χ0n) is 28.0. The van der Waals surface area contributed by atoms with Crippen LogP contribution in [0.15, 0.2) is 121 Å². The molecule has 3 atom stereocenters. The van der Waals surface area contributed by atoms with E-state index in [2.05, 4.69) is 114 Å². The lowest BCUT2D eigenvalue weighted by Gasteiger charge is -2.45. The highest BCUT2D eigenvalue weighted by Crippen LogP contribution is 2.40. The van der Waals surface area contributed by atoms with Gasteiger partial charge in [-0.05, 0) is 37.2 Å². The molecule has 46 heavy (non-hydrogen) atoms. The topological polar surface area (TPSA) is 65.0 Å². The van der Waals surface area contributed by atoms with Gasteiger partial charge in [-0.1, -0.05) is 163 Å². The molecule has 1 heterocycles. The fraction of sp³-hybridized carbons (Fsp3) is 0.359. The molecule has 0 saturated carbocycles. The fourth-order valence-electron chi connectivity index (χ4n) is 7.17. The number of aliphatic hydroxyl groups excluding tert-OH is 1. The van der Waals surface area contributed by atoms with Crippen LogP contribution in [0, 0.1) is 0 Å². The molecule has 1 aliphatic rings. The fourth-order valence-corrected chi connectivity index (χ4v) is 16.4. The van der Waals surface area contributed by atoms with Crippen LogP contribution < -0.4 is 20.7 Å². The number of ether oxygens (including phenoxy) is 1. The maximum absolute atomic E-state index is 12.9. The number of hydrogen-bond acceptors (Lipinski definition) is 5. The normalized spacial score (nSPS) is 18.3. The first-order valence-corrected chi connectivity index (χ1v) is 20.1. The minimum absolute atomic E-state index is 0.0990. The number of benzene rings is 4. The van der Waals surface area contributed by atoms with Crippen molar-refractivity contribution >= 4 is 43.4 Å². The Labute approximate surface area is 276 Å². The van der Waals surface area contributed by atoms with E-state index in [0.717, 1.165) is 10.4 Å². The van der Waals surface area contributed by atoms with Gasteiger partial charge in [-0.3, -0.25) is 4.79 Å². The summed E-state index contributed by atoms with van der Waals surface area (Å²) >= 11 is 0. The van der Waals surface area contributed by atoms with Gasteiger partial charge in [-0.15, -0.1) is 0 Å². The summed E-state index contributed by atoms with van der Waals surface area (Å²) in [5.74, 6) is -0.347. The first-order chi connectivity index (χ1) is 21.9. The summed E-state index contributed by atoms with van der Waals surface area (Å²) in [6.45, 7) is 13.7. The van der Waals surface area contributed by atoms with Crippen LogP contribution in [0.2, 0.25) is 10.1 Å². The summed E-state index contributed by atoms with van der Waals surface area (Å²) < 4.78 is 20.2. The standard InChI is InChI=1S/C39H48O5Si2/c1-38(2,3)45(30-19-11-7-12-20-30,31-21-13-8-14-22-31)42-28-27-34(40)37-35(29-36(41)43-37)44-46(39(4,5)6,32-23-15-9-16-24-32)33-25-17-10-18-26-33/h7-26,34-35,37,40H,27-29H2,1-6H3/t34-,35-,37-/m0/s1. The van der Waals surface area contributed by atoms with E-state index in [0.29, 0.717) is 13.0 Å². The molecule has 1 N–H and O–H groups in total. The average molecular weight is 653 g/mol. The molecule has 0 amide bonds. The Morgan fingerprint density at radius 2 is 1.04 bits per heavy atom. The van der Waals surface area contributed by atoms with Crippen LogP contribution in [0.1, 0.15) is 54.4 Å². The van der Waals surface area contributed by atoms with Crippen molar-refractivity contribution in [3.8, 4) is 0 Å². The molecule has 5 nitrogen and oxygen atoms in total. The quantitative estimate of drug-likeness (QED) is 0.170. The summed E-state index contributed by atoms with van der Waals surface area (Å²) in [5.41, 5.74) is 0. The van der Waals surface area contributed by atoms with Crippen LogP contribution >= 0.6 is 0 Å². The monoisotopic (exact) mass is 652 g/mol. The highest BCUT2D eigenvalue weighted by atomic mass is 28.4. The van der Waals surface area contributed by atoms with Crippen molar-refractivity contribution in [3.05, 3.63) is 121 Å². The SMILES string of the molecule is CC(C)(C)[Si](OCC[C@H](O)[C@@H]1OC(=O)C[C@@H]1O[Si](c1ccccc1)(c1ccccc1)C(C)(C)C)(c1ccccc1)c1ccccc1. The summed E-state index contributed by atoms with van der Waals surface area (Å²) in [6.07, 6.45) is -1.93. The zero-order valence-corrected chi connectivity index (χ0v) is 30.0. The van der Waals surface area contributed by atoms with E-state index >= 15 is 0 Å². The van der Waals surface area contributed by atoms with Crippen molar-refractivity contribution in [1.29, 1.82) is 0 Å². The van der Waals surface area contributed by atoms with Gasteiger partial charge in [0.1, 0.15) is 0 Å². The summed E-state index contributed by atoms with van der Waals surface area (Å²) in [7, 11) is -5.75. The second kappa shape index (κ2) is 13.8. The molecule has 1 fully saturated rings. The van der Waals surface area contributed by atoms with E-state index < -0.39 is 34.9 Å². The second-order valence-electron chi connectivity index (χ2n) is 14.3. The van der Waals surface area contributed by atoms with Gasteiger partial charge in [0.15, 0.2) is 6.10 Å². The Morgan fingerprint density at radius 3 is 1.41 bits per heavy atom. The number of cyclic esters (lactones) is 1. The third-order valence-corrected chi connectivity index (χ3v) is 19.4. The van der Waals surface area contributed by atoms with Gasteiger partial charge in [0.25, 0.3) is 16.6 Å². The van der Waals surface area contributed by atoms with Crippen molar-refractivity contribution in [2.24, 2.45) is 0 Å². The molecule has 7 heteroatoms.